The summed E-state index contributed by atoms with van der Waals surface area (Å²) in [4.78, 5) is 12.1. The molecule has 1 atom stereocenters. The Morgan fingerprint density at radius 2 is 1.81 bits per heavy atom. The second-order valence-corrected chi connectivity index (χ2v) is 4.87. The number of benzene rings is 2. The third kappa shape index (κ3) is 4.39. The highest BCUT2D eigenvalue weighted by Gasteiger charge is 2.15. The summed E-state index contributed by atoms with van der Waals surface area (Å²) in [5, 5.41) is 3.38. The first kappa shape index (κ1) is 15.2. The van der Waals surface area contributed by atoms with Crippen molar-refractivity contribution in [2.75, 3.05) is 12.4 Å². The van der Waals surface area contributed by atoms with Crippen LogP contribution in [0.15, 0.2) is 48.5 Å². The van der Waals surface area contributed by atoms with Crippen molar-refractivity contribution < 1.29 is 14.3 Å². The van der Waals surface area contributed by atoms with E-state index in [1.54, 1.807) is 56.5 Å². The molecule has 0 spiro atoms. The number of methoxy groups -OCH3 is 1. The fraction of sp³-hybridized carbons (Fsp3) is 0.188. The maximum atomic E-state index is 12.1. The monoisotopic (exact) mass is 305 g/mol. The number of halogens is 1. The lowest BCUT2D eigenvalue weighted by Crippen LogP contribution is -2.30. The maximum absolute atomic E-state index is 12.1. The average molecular weight is 306 g/mol. The normalized spacial score (nSPS) is 11.6. The second kappa shape index (κ2) is 6.99. The molecular weight excluding hydrogens is 290 g/mol. The van der Waals surface area contributed by atoms with Gasteiger partial charge in [0.15, 0.2) is 6.10 Å². The Morgan fingerprint density at radius 1 is 1.14 bits per heavy atom. The molecule has 0 fully saturated rings. The van der Waals surface area contributed by atoms with E-state index < -0.39 is 6.10 Å². The van der Waals surface area contributed by atoms with Crippen molar-refractivity contribution in [2.24, 2.45) is 0 Å². The van der Waals surface area contributed by atoms with E-state index >= 15 is 0 Å². The molecule has 0 aromatic heterocycles. The van der Waals surface area contributed by atoms with Gasteiger partial charge >= 0.3 is 0 Å². The molecule has 1 unspecified atom stereocenters. The smallest absolute Gasteiger partial charge is 0.265 e. The van der Waals surface area contributed by atoms with Gasteiger partial charge in [-0.2, -0.15) is 0 Å². The SMILES string of the molecule is COc1cccc(OC(C)C(=O)Nc2ccc(Cl)cc2)c1. The first-order valence-electron chi connectivity index (χ1n) is 6.45. The summed E-state index contributed by atoms with van der Waals surface area (Å²) in [6.45, 7) is 1.69. The standard InChI is InChI=1S/C16H16ClNO3/c1-11(21-15-5-3-4-14(10-15)20-2)16(19)18-13-8-6-12(17)7-9-13/h3-11H,1-2H3,(H,18,19). The fourth-order valence-electron chi connectivity index (χ4n) is 1.71. The minimum absolute atomic E-state index is 0.236. The van der Waals surface area contributed by atoms with Gasteiger partial charge in [-0.05, 0) is 43.3 Å². The molecule has 0 saturated heterocycles. The van der Waals surface area contributed by atoms with E-state index in [2.05, 4.69) is 5.32 Å². The molecule has 5 heteroatoms. The van der Waals surface area contributed by atoms with Crippen LogP contribution in [0.25, 0.3) is 0 Å². The van der Waals surface area contributed by atoms with Crippen molar-refractivity contribution in [3.05, 3.63) is 53.6 Å². The lowest BCUT2D eigenvalue weighted by atomic mass is 10.3. The molecule has 0 heterocycles. The summed E-state index contributed by atoms with van der Waals surface area (Å²) in [5.41, 5.74) is 0.672. The summed E-state index contributed by atoms with van der Waals surface area (Å²) in [6, 6.07) is 14.0. The van der Waals surface area contributed by atoms with E-state index in [0.717, 1.165) is 0 Å². The van der Waals surface area contributed by atoms with Gasteiger partial charge in [-0.25, -0.2) is 0 Å². The number of amides is 1. The molecule has 0 saturated carbocycles. The number of anilines is 1. The van der Waals surface area contributed by atoms with Crippen LogP contribution in [-0.2, 0) is 4.79 Å². The highest BCUT2D eigenvalue weighted by Crippen LogP contribution is 2.20. The summed E-state index contributed by atoms with van der Waals surface area (Å²) >= 11 is 5.80. The van der Waals surface area contributed by atoms with E-state index in [4.69, 9.17) is 21.1 Å². The van der Waals surface area contributed by atoms with Gasteiger partial charge in [0.1, 0.15) is 11.5 Å². The summed E-state index contributed by atoms with van der Waals surface area (Å²) in [6.07, 6.45) is -0.632. The van der Waals surface area contributed by atoms with Crippen LogP contribution in [-0.4, -0.2) is 19.1 Å². The molecule has 2 aromatic carbocycles. The van der Waals surface area contributed by atoms with Crippen LogP contribution in [0.1, 0.15) is 6.92 Å². The zero-order chi connectivity index (χ0) is 15.2. The molecular formula is C16H16ClNO3. The number of rotatable bonds is 5. The van der Waals surface area contributed by atoms with Gasteiger partial charge in [0.05, 0.1) is 7.11 Å². The van der Waals surface area contributed by atoms with Crippen molar-refractivity contribution in [1.29, 1.82) is 0 Å². The Labute approximate surface area is 128 Å². The average Bonchev–Trinajstić information content (AvgIpc) is 2.49. The fourth-order valence-corrected chi connectivity index (χ4v) is 1.84. The maximum Gasteiger partial charge on any atom is 0.265 e. The zero-order valence-electron chi connectivity index (χ0n) is 11.8. The molecule has 110 valence electrons. The van der Waals surface area contributed by atoms with E-state index in [9.17, 15) is 4.79 Å². The molecule has 21 heavy (non-hydrogen) atoms. The predicted octanol–water partition coefficient (Wildman–Crippen LogP) is 3.75. The molecule has 0 aliphatic rings. The molecule has 1 N–H and O–H groups in total. The van der Waals surface area contributed by atoms with E-state index in [-0.39, 0.29) is 5.91 Å². The Hall–Kier alpha value is -2.20. The van der Waals surface area contributed by atoms with Crippen LogP contribution in [0.3, 0.4) is 0 Å². The molecule has 0 radical (unpaired) electrons. The third-order valence-electron chi connectivity index (χ3n) is 2.84. The highest BCUT2D eigenvalue weighted by molar-refractivity contribution is 6.30. The van der Waals surface area contributed by atoms with Gasteiger partial charge in [0, 0.05) is 16.8 Å². The summed E-state index contributed by atoms with van der Waals surface area (Å²) < 4.78 is 10.7. The Morgan fingerprint density at radius 3 is 2.48 bits per heavy atom. The van der Waals surface area contributed by atoms with E-state index in [0.29, 0.717) is 22.2 Å². The van der Waals surface area contributed by atoms with Crippen molar-refractivity contribution >= 4 is 23.2 Å². The van der Waals surface area contributed by atoms with Crippen LogP contribution in [0.5, 0.6) is 11.5 Å². The van der Waals surface area contributed by atoms with Crippen LogP contribution >= 0.6 is 11.6 Å². The topological polar surface area (TPSA) is 47.6 Å². The predicted molar refractivity (Wildman–Crippen MR) is 83.2 cm³/mol. The first-order chi connectivity index (χ1) is 10.1. The zero-order valence-corrected chi connectivity index (χ0v) is 12.6. The van der Waals surface area contributed by atoms with Gasteiger partial charge < -0.3 is 14.8 Å². The van der Waals surface area contributed by atoms with Crippen molar-refractivity contribution in [3.63, 3.8) is 0 Å². The first-order valence-corrected chi connectivity index (χ1v) is 6.83. The minimum atomic E-state index is -0.632. The van der Waals surface area contributed by atoms with E-state index in [1.165, 1.54) is 0 Å². The van der Waals surface area contributed by atoms with Gasteiger partial charge in [-0.15, -0.1) is 0 Å². The molecule has 2 rings (SSSR count). The number of carbonyl (C=O) groups is 1. The van der Waals surface area contributed by atoms with Crippen molar-refractivity contribution in [1.82, 2.24) is 0 Å². The van der Waals surface area contributed by atoms with Gasteiger partial charge in [-0.3, -0.25) is 4.79 Å². The second-order valence-electron chi connectivity index (χ2n) is 4.44. The Balaban J connectivity index is 1.97. The Bertz CT molecular complexity index is 613. The van der Waals surface area contributed by atoms with Crippen LogP contribution in [0.2, 0.25) is 5.02 Å². The van der Waals surface area contributed by atoms with Crippen molar-refractivity contribution in [3.8, 4) is 11.5 Å². The summed E-state index contributed by atoms with van der Waals surface area (Å²) in [5.74, 6) is 1.02. The number of carbonyl (C=O) groups excluding carboxylic acids is 1. The molecule has 0 aliphatic carbocycles. The highest BCUT2D eigenvalue weighted by atomic mass is 35.5. The van der Waals surface area contributed by atoms with E-state index in [1.807, 2.05) is 6.07 Å². The van der Waals surface area contributed by atoms with Crippen LogP contribution in [0, 0.1) is 0 Å². The van der Waals surface area contributed by atoms with Gasteiger partial charge in [0.25, 0.3) is 5.91 Å². The molecule has 4 nitrogen and oxygen atoms in total. The lowest BCUT2D eigenvalue weighted by molar-refractivity contribution is -0.122. The molecule has 0 aliphatic heterocycles. The molecule has 2 aromatic rings. The Kier molecular flexibility index (Phi) is 5.06. The van der Waals surface area contributed by atoms with Crippen molar-refractivity contribution in [2.45, 2.75) is 13.0 Å². The van der Waals surface area contributed by atoms with Crippen LogP contribution in [0.4, 0.5) is 5.69 Å². The number of hydrogen-bond acceptors (Lipinski definition) is 3. The number of ether oxygens (including phenoxy) is 2. The van der Waals surface area contributed by atoms with Crippen LogP contribution < -0.4 is 14.8 Å². The third-order valence-corrected chi connectivity index (χ3v) is 3.09. The quantitative estimate of drug-likeness (QED) is 0.915. The largest absolute Gasteiger partial charge is 0.497 e. The lowest BCUT2D eigenvalue weighted by Gasteiger charge is -2.15. The molecule has 0 bridgehead atoms. The number of nitrogens with one attached hydrogen (secondary N) is 1. The van der Waals surface area contributed by atoms with Gasteiger partial charge in [0.2, 0.25) is 0 Å². The summed E-state index contributed by atoms with van der Waals surface area (Å²) in [7, 11) is 1.58. The number of hydrogen-bond donors (Lipinski definition) is 1. The minimum Gasteiger partial charge on any atom is -0.497 e. The van der Waals surface area contributed by atoms with Gasteiger partial charge in [-0.1, -0.05) is 17.7 Å². The molecule has 1 amide bonds.